The van der Waals surface area contributed by atoms with Crippen LogP contribution in [0.15, 0.2) is 149 Å². The van der Waals surface area contributed by atoms with Gasteiger partial charge >= 0.3 is 0 Å². The third-order valence-corrected chi connectivity index (χ3v) is 10.1. The summed E-state index contributed by atoms with van der Waals surface area (Å²) in [4.78, 5) is 29.9. The first-order chi connectivity index (χ1) is 23.7. The molecule has 10 heteroatoms. The van der Waals surface area contributed by atoms with Crippen LogP contribution in [0.1, 0.15) is 24.5 Å². The molecule has 1 atom stereocenters. The second-order valence-electron chi connectivity index (χ2n) is 11.4. The molecule has 0 radical (unpaired) electrons. The molecule has 0 bridgehead atoms. The first-order valence-electron chi connectivity index (χ1n) is 16.0. The Kier molecular flexibility index (Phi) is 12.2. The monoisotopic (exact) mass is 739 g/mol. The number of hydrogen-bond donors (Lipinski definition) is 1. The summed E-state index contributed by atoms with van der Waals surface area (Å²) in [5, 5.41) is 2.96. The topological polar surface area (TPSA) is 96.0 Å². The van der Waals surface area contributed by atoms with E-state index in [2.05, 4.69) is 21.2 Å². The number of hydrogen-bond acceptors (Lipinski definition) is 5. The number of rotatable bonds is 15. The smallest absolute Gasteiger partial charge is 0.264 e. The van der Waals surface area contributed by atoms with Gasteiger partial charge in [0.1, 0.15) is 24.1 Å². The molecule has 5 rings (SSSR count). The van der Waals surface area contributed by atoms with Gasteiger partial charge in [0.05, 0.1) is 10.6 Å². The second kappa shape index (κ2) is 16.9. The van der Waals surface area contributed by atoms with Gasteiger partial charge in [0.15, 0.2) is 0 Å². The Balaban J connectivity index is 1.54. The van der Waals surface area contributed by atoms with E-state index in [1.165, 1.54) is 17.0 Å². The SMILES string of the molecule is CCCNC(=O)C(Cc1ccccc1)N(Cc1cccc(Br)c1)C(=O)CN(c1ccc(Oc2ccccc2)cc1)S(=O)(=O)c1ccccc1. The van der Waals surface area contributed by atoms with Gasteiger partial charge in [-0.05, 0) is 78.2 Å². The predicted octanol–water partition coefficient (Wildman–Crippen LogP) is 7.60. The molecule has 252 valence electrons. The lowest BCUT2D eigenvalue weighted by atomic mass is 10.0. The van der Waals surface area contributed by atoms with Crippen LogP contribution in [0.3, 0.4) is 0 Å². The summed E-state index contributed by atoms with van der Waals surface area (Å²) in [5.74, 6) is 0.295. The lowest BCUT2D eigenvalue weighted by Gasteiger charge is -2.34. The normalized spacial score (nSPS) is 11.7. The Morgan fingerprint density at radius 2 is 1.35 bits per heavy atom. The molecule has 0 heterocycles. The summed E-state index contributed by atoms with van der Waals surface area (Å²) in [6.45, 7) is 1.93. The van der Waals surface area contributed by atoms with Crippen molar-refractivity contribution in [3.8, 4) is 11.5 Å². The van der Waals surface area contributed by atoms with Crippen molar-refractivity contribution in [1.29, 1.82) is 0 Å². The minimum atomic E-state index is -4.22. The number of anilines is 1. The summed E-state index contributed by atoms with van der Waals surface area (Å²) in [6.07, 6.45) is 0.962. The summed E-state index contributed by atoms with van der Waals surface area (Å²) in [5.41, 5.74) is 1.92. The van der Waals surface area contributed by atoms with E-state index in [0.717, 1.165) is 26.3 Å². The van der Waals surface area contributed by atoms with Crippen LogP contribution in [0.5, 0.6) is 11.5 Å². The van der Waals surface area contributed by atoms with Crippen LogP contribution in [0, 0.1) is 0 Å². The lowest BCUT2D eigenvalue weighted by Crippen LogP contribution is -2.53. The highest BCUT2D eigenvalue weighted by Crippen LogP contribution is 2.29. The molecule has 49 heavy (non-hydrogen) atoms. The van der Waals surface area contributed by atoms with E-state index in [1.54, 1.807) is 42.5 Å². The highest BCUT2D eigenvalue weighted by molar-refractivity contribution is 9.10. The van der Waals surface area contributed by atoms with Crippen LogP contribution < -0.4 is 14.4 Å². The van der Waals surface area contributed by atoms with Crippen molar-refractivity contribution < 1.29 is 22.7 Å². The summed E-state index contributed by atoms with van der Waals surface area (Å²) in [7, 11) is -4.22. The van der Waals surface area contributed by atoms with E-state index >= 15 is 0 Å². The Bertz CT molecular complexity index is 1930. The highest BCUT2D eigenvalue weighted by Gasteiger charge is 2.34. The Morgan fingerprint density at radius 1 is 0.755 bits per heavy atom. The van der Waals surface area contributed by atoms with Crippen molar-refractivity contribution in [2.24, 2.45) is 0 Å². The molecule has 1 N–H and O–H groups in total. The van der Waals surface area contributed by atoms with Gasteiger partial charge < -0.3 is 15.0 Å². The number of amides is 2. The zero-order chi connectivity index (χ0) is 34.6. The average molecular weight is 741 g/mol. The number of ether oxygens (including phenoxy) is 1. The maximum absolute atomic E-state index is 14.6. The minimum absolute atomic E-state index is 0.0347. The number of carbonyl (C=O) groups is 2. The molecule has 8 nitrogen and oxygen atoms in total. The molecule has 5 aromatic carbocycles. The molecule has 5 aromatic rings. The fraction of sp³-hybridized carbons (Fsp3) is 0.179. The van der Waals surface area contributed by atoms with Crippen LogP contribution >= 0.6 is 15.9 Å². The van der Waals surface area contributed by atoms with Gasteiger partial charge in [-0.25, -0.2) is 8.42 Å². The fourth-order valence-electron chi connectivity index (χ4n) is 5.31. The Morgan fingerprint density at radius 3 is 1.98 bits per heavy atom. The van der Waals surface area contributed by atoms with Crippen LogP contribution in [-0.2, 0) is 32.6 Å². The number of nitrogens with zero attached hydrogens (tertiary/aromatic N) is 2. The average Bonchev–Trinajstić information content (AvgIpc) is 3.12. The summed E-state index contributed by atoms with van der Waals surface area (Å²) < 4.78 is 36.3. The molecule has 2 amide bonds. The predicted molar refractivity (Wildman–Crippen MR) is 196 cm³/mol. The van der Waals surface area contributed by atoms with Crippen LogP contribution in [0.4, 0.5) is 5.69 Å². The van der Waals surface area contributed by atoms with Crippen molar-refractivity contribution in [2.75, 3.05) is 17.4 Å². The molecule has 1 unspecified atom stereocenters. The number of sulfonamides is 1. The van der Waals surface area contributed by atoms with Gasteiger partial charge in [-0.3, -0.25) is 13.9 Å². The van der Waals surface area contributed by atoms with Crippen LogP contribution in [0.2, 0.25) is 0 Å². The van der Waals surface area contributed by atoms with E-state index < -0.39 is 28.5 Å². The number of halogens is 1. The second-order valence-corrected chi connectivity index (χ2v) is 14.2. The van der Waals surface area contributed by atoms with Crippen molar-refractivity contribution in [1.82, 2.24) is 10.2 Å². The molecular formula is C39H38BrN3O5S. The quantitative estimate of drug-likeness (QED) is 0.119. The highest BCUT2D eigenvalue weighted by atomic mass is 79.9. The summed E-state index contributed by atoms with van der Waals surface area (Å²) in [6, 6.07) is 39.8. The molecule has 0 fully saturated rings. The van der Waals surface area contributed by atoms with Gasteiger partial charge in [0.25, 0.3) is 10.0 Å². The number of nitrogens with one attached hydrogen (secondary N) is 1. The maximum Gasteiger partial charge on any atom is 0.264 e. The van der Waals surface area contributed by atoms with Gasteiger partial charge in [0.2, 0.25) is 11.8 Å². The van der Waals surface area contributed by atoms with E-state index in [9.17, 15) is 18.0 Å². The van der Waals surface area contributed by atoms with E-state index in [1.807, 2.05) is 91.9 Å². The molecule has 0 aliphatic carbocycles. The number of carbonyl (C=O) groups excluding carboxylic acids is 2. The summed E-state index contributed by atoms with van der Waals surface area (Å²) >= 11 is 3.51. The zero-order valence-electron chi connectivity index (χ0n) is 27.1. The molecule has 0 aliphatic rings. The number of para-hydroxylation sites is 1. The van der Waals surface area contributed by atoms with E-state index in [0.29, 0.717) is 18.0 Å². The maximum atomic E-state index is 14.6. The zero-order valence-corrected chi connectivity index (χ0v) is 29.5. The Hall–Kier alpha value is -4.93. The lowest BCUT2D eigenvalue weighted by molar-refractivity contribution is -0.140. The van der Waals surface area contributed by atoms with Gasteiger partial charge in [-0.2, -0.15) is 0 Å². The Labute approximate surface area is 296 Å². The van der Waals surface area contributed by atoms with Gasteiger partial charge in [0, 0.05) is 24.0 Å². The minimum Gasteiger partial charge on any atom is -0.457 e. The van der Waals surface area contributed by atoms with Crippen molar-refractivity contribution in [3.63, 3.8) is 0 Å². The molecule has 0 saturated carbocycles. The third kappa shape index (κ3) is 9.58. The third-order valence-electron chi connectivity index (χ3n) is 7.78. The van der Waals surface area contributed by atoms with Crippen LogP contribution in [0.25, 0.3) is 0 Å². The molecular weight excluding hydrogens is 702 g/mol. The van der Waals surface area contributed by atoms with E-state index in [-0.39, 0.29) is 29.5 Å². The van der Waals surface area contributed by atoms with Gasteiger partial charge in [-0.1, -0.05) is 102 Å². The van der Waals surface area contributed by atoms with Crippen molar-refractivity contribution >= 4 is 43.5 Å². The van der Waals surface area contributed by atoms with Gasteiger partial charge in [-0.15, -0.1) is 0 Å². The van der Waals surface area contributed by atoms with Crippen molar-refractivity contribution in [3.05, 3.63) is 155 Å². The van der Waals surface area contributed by atoms with Crippen molar-refractivity contribution in [2.45, 2.75) is 37.2 Å². The standard InChI is InChI=1S/C39H38BrN3O5S/c1-2-25-41-39(45)37(27-30-13-6-3-7-14-30)42(28-31-15-12-16-32(40)26-31)38(44)29-43(49(46,47)36-19-10-5-11-20-36)33-21-23-35(24-22-33)48-34-17-8-4-9-18-34/h3-24,26,37H,2,25,27-29H2,1H3,(H,41,45). The molecule has 0 saturated heterocycles. The molecule has 0 aromatic heterocycles. The molecule has 0 spiro atoms. The fourth-order valence-corrected chi connectivity index (χ4v) is 7.19. The van der Waals surface area contributed by atoms with E-state index in [4.69, 9.17) is 4.74 Å². The first kappa shape index (κ1) is 35.4. The molecule has 0 aliphatic heterocycles. The number of benzene rings is 5. The first-order valence-corrected chi connectivity index (χ1v) is 18.2. The largest absolute Gasteiger partial charge is 0.457 e. The van der Waals surface area contributed by atoms with Crippen LogP contribution in [-0.4, -0.2) is 44.3 Å².